The number of ether oxygens (including phenoxy) is 2. The first-order chi connectivity index (χ1) is 17.5. The molecule has 188 valence electrons. The number of aromatic nitrogens is 4. The summed E-state index contributed by atoms with van der Waals surface area (Å²) in [6, 6.07) is 3.98. The number of nitrogens with one attached hydrogen (secondary N) is 2. The third-order valence-electron chi connectivity index (χ3n) is 7.02. The van der Waals surface area contributed by atoms with Gasteiger partial charge in [0.05, 0.1) is 41.6 Å². The summed E-state index contributed by atoms with van der Waals surface area (Å²) in [5, 5.41) is 12.7. The zero-order valence-electron chi connectivity index (χ0n) is 20.7. The van der Waals surface area contributed by atoms with Gasteiger partial charge in [0.1, 0.15) is 22.7 Å². The summed E-state index contributed by atoms with van der Waals surface area (Å²) in [4.78, 5) is 26.7. The quantitative estimate of drug-likeness (QED) is 0.412. The molecule has 4 heterocycles. The second kappa shape index (κ2) is 9.33. The summed E-state index contributed by atoms with van der Waals surface area (Å²) < 4.78 is 11.7. The van der Waals surface area contributed by atoms with E-state index >= 15 is 0 Å². The monoisotopic (exact) mass is 506 g/mol. The van der Waals surface area contributed by atoms with Crippen LogP contribution in [0.2, 0.25) is 0 Å². The van der Waals surface area contributed by atoms with E-state index in [1.165, 1.54) is 10.4 Å². The lowest BCUT2D eigenvalue weighted by atomic mass is 9.86. The van der Waals surface area contributed by atoms with E-state index < -0.39 is 0 Å². The van der Waals surface area contributed by atoms with Crippen LogP contribution in [0.3, 0.4) is 0 Å². The number of thiophene rings is 1. The van der Waals surface area contributed by atoms with Crippen molar-refractivity contribution in [3.05, 3.63) is 35.1 Å². The van der Waals surface area contributed by atoms with Gasteiger partial charge in [-0.05, 0) is 51.7 Å². The number of carbonyl (C=O) groups excluding carboxylic acids is 1. The van der Waals surface area contributed by atoms with Gasteiger partial charge in [-0.25, -0.2) is 9.97 Å². The van der Waals surface area contributed by atoms with E-state index in [0.717, 1.165) is 57.6 Å². The molecular weight excluding hydrogens is 476 g/mol. The third kappa shape index (κ3) is 4.18. The molecule has 2 aliphatic rings. The molecule has 36 heavy (non-hydrogen) atoms. The first-order valence-corrected chi connectivity index (χ1v) is 13.4. The maximum absolute atomic E-state index is 13.4. The van der Waals surface area contributed by atoms with Crippen molar-refractivity contribution in [1.29, 1.82) is 0 Å². The van der Waals surface area contributed by atoms with Crippen molar-refractivity contribution in [2.75, 3.05) is 25.0 Å². The van der Waals surface area contributed by atoms with Gasteiger partial charge in [-0.1, -0.05) is 0 Å². The van der Waals surface area contributed by atoms with Gasteiger partial charge in [-0.3, -0.25) is 9.89 Å². The van der Waals surface area contributed by atoms with E-state index in [4.69, 9.17) is 9.47 Å². The maximum Gasteiger partial charge on any atom is 0.226 e. The van der Waals surface area contributed by atoms with Crippen LogP contribution in [0.1, 0.15) is 37.6 Å². The van der Waals surface area contributed by atoms with Crippen LogP contribution in [0.15, 0.2) is 24.7 Å². The summed E-state index contributed by atoms with van der Waals surface area (Å²) in [5.74, 6) is 1.76. The number of amides is 1. The zero-order valence-corrected chi connectivity index (χ0v) is 21.5. The Labute approximate surface area is 213 Å². The normalized spacial score (nSPS) is 22.1. The lowest BCUT2D eigenvalue weighted by Gasteiger charge is -2.37. The summed E-state index contributed by atoms with van der Waals surface area (Å²) >= 11 is 1.68. The Hall–Kier alpha value is -3.24. The molecule has 3 aromatic heterocycles. The smallest absolute Gasteiger partial charge is 0.226 e. The molecule has 0 unspecified atom stereocenters. The lowest BCUT2D eigenvalue weighted by molar-refractivity contribution is -0.147. The van der Waals surface area contributed by atoms with E-state index in [2.05, 4.69) is 25.5 Å². The number of rotatable bonds is 5. The minimum Gasteiger partial charge on any atom is -0.492 e. The average molecular weight is 507 g/mol. The number of anilines is 2. The molecule has 0 bridgehead atoms. The van der Waals surface area contributed by atoms with Crippen LogP contribution in [0, 0.1) is 5.92 Å². The fraction of sp³-hybridized carbons (Fsp3) is 0.462. The number of nitrogens with zero attached hydrogens (tertiary/aromatic N) is 4. The summed E-state index contributed by atoms with van der Waals surface area (Å²) in [6.07, 6.45) is 5.97. The Balaban J connectivity index is 1.30. The molecule has 4 aromatic rings. The SMILES string of the molecule is CCOc1cc2[nH]ncc2cc1Nc1ncnc2sc3c(c12)CC[C@H](C(=O)N1C[C@@H](C)O[C@@H](C)C1)C3. The minimum atomic E-state index is 0.000450. The van der Waals surface area contributed by atoms with Crippen molar-refractivity contribution in [1.82, 2.24) is 25.1 Å². The first-order valence-electron chi connectivity index (χ1n) is 12.6. The Bertz CT molecular complexity index is 1420. The fourth-order valence-corrected chi connectivity index (χ4v) is 6.77. The maximum atomic E-state index is 13.4. The van der Waals surface area contributed by atoms with Crippen molar-refractivity contribution < 1.29 is 14.3 Å². The highest BCUT2D eigenvalue weighted by Crippen LogP contribution is 2.42. The molecule has 0 radical (unpaired) electrons. The Kier molecular flexibility index (Phi) is 6.00. The van der Waals surface area contributed by atoms with Gasteiger partial charge in [0.15, 0.2) is 0 Å². The Morgan fingerprint density at radius 2 is 2.11 bits per heavy atom. The van der Waals surface area contributed by atoms with Gasteiger partial charge in [-0.2, -0.15) is 5.10 Å². The number of aryl methyl sites for hydroxylation is 1. The van der Waals surface area contributed by atoms with Crippen LogP contribution < -0.4 is 10.1 Å². The molecule has 0 saturated carbocycles. The standard InChI is InChI=1S/C26H30N6O3S/c1-4-34-21-9-19-17(10-29-31-19)7-20(21)30-24-23-18-6-5-16(8-22(18)36-25(23)28-13-27-24)26(33)32-11-14(2)35-15(3)12-32/h7,9-10,13-16H,4-6,8,11-12H2,1-3H3,(H,29,31)(H,27,28,30)/t14-,15+,16-/m0/s1. The molecule has 1 aromatic carbocycles. The zero-order chi connectivity index (χ0) is 24.8. The Morgan fingerprint density at radius 3 is 2.92 bits per heavy atom. The molecule has 2 N–H and O–H groups in total. The number of hydrogen-bond acceptors (Lipinski definition) is 8. The van der Waals surface area contributed by atoms with E-state index in [0.29, 0.717) is 19.7 Å². The molecule has 1 aliphatic heterocycles. The number of carbonyl (C=O) groups is 1. The summed E-state index contributed by atoms with van der Waals surface area (Å²) in [7, 11) is 0. The van der Waals surface area contributed by atoms with Gasteiger partial charge >= 0.3 is 0 Å². The van der Waals surface area contributed by atoms with E-state index in [9.17, 15) is 4.79 Å². The number of H-pyrrole nitrogens is 1. The number of benzene rings is 1. The highest BCUT2D eigenvalue weighted by molar-refractivity contribution is 7.19. The van der Waals surface area contributed by atoms with Crippen LogP contribution in [-0.4, -0.2) is 62.9 Å². The second-order valence-corrected chi connectivity index (χ2v) is 10.8. The number of fused-ring (bicyclic) bond motifs is 4. The molecule has 1 fully saturated rings. The molecule has 1 amide bonds. The predicted molar refractivity (Wildman–Crippen MR) is 140 cm³/mol. The second-order valence-electron chi connectivity index (χ2n) is 9.71. The van der Waals surface area contributed by atoms with Crippen LogP contribution in [0.5, 0.6) is 5.75 Å². The summed E-state index contributed by atoms with van der Waals surface area (Å²) in [6.45, 7) is 7.93. The molecule has 1 saturated heterocycles. The van der Waals surface area contributed by atoms with Gasteiger partial charge in [-0.15, -0.1) is 11.3 Å². The largest absolute Gasteiger partial charge is 0.492 e. The van der Waals surface area contributed by atoms with Crippen molar-refractivity contribution >= 4 is 49.9 Å². The van der Waals surface area contributed by atoms with Gasteiger partial charge in [0.25, 0.3) is 0 Å². The average Bonchev–Trinajstić information content (AvgIpc) is 3.47. The highest BCUT2D eigenvalue weighted by atomic mass is 32.1. The molecule has 9 nitrogen and oxygen atoms in total. The number of morpholine rings is 1. The van der Waals surface area contributed by atoms with Crippen LogP contribution in [-0.2, 0) is 22.4 Å². The van der Waals surface area contributed by atoms with Crippen molar-refractivity contribution in [2.24, 2.45) is 5.92 Å². The lowest BCUT2D eigenvalue weighted by Crippen LogP contribution is -2.50. The fourth-order valence-electron chi connectivity index (χ4n) is 5.50. The van der Waals surface area contributed by atoms with E-state index in [-0.39, 0.29) is 24.0 Å². The van der Waals surface area contributed by atoms with Gasteiger partial charge in [0.2, 0.25) is 5.91 Å². The molecule has 0 spiro atoms. The number of aromatic amines is 1. The topological polar surface area (TPSA) is 105 Å². The molecule has 10 heteroatoms. The van der Waals surface area contributed by atoms with Crippen molar-refractivity contribution in [2.45, 2.75) is 52.2 Å². The first kappa shape index (κ1) is 23.2. The van der Waals surface area contributed by atoms with Crippen molar-refractivity contribution in [3.63, 3.8) is 0 Å². The summed E-state index contributed by atoms with van der Waals surface area (Å²) in [5.41, 5.74) is 3.02. The van der Waals surface area contributed by atoms with E-state index in [1.54, 1.807) is 23.9 Å². The van der Waals surface area contributed by atoms with Gasteiger partial charge in [0, 0.05) is 35.3 Å². The Morgan fingerprint density at radius 1 is 1.28 bits per heavy atom. The molecule has 1 aliphatic carbocycles. The number of hydrogen-bond donors (Lipinski definition) is 2. The van der Waals surface area contributed by atoms with Crippen LogP contribution in [0.4, 0.5) is 11.5 Å². The molecule has 6 rings (SSSR count). The van der Waals surface area contributed by atoms with Crippen molar-refractivity contribution in [3.8, 4) is 5.75 Å². The molecular formula is C26H30N6O3S. The molecule has 3 atom stereocenters. The predicted octanol–water partition coefficient (Wildman–Crippen LogP) is 4.45. The van der Waals surface area contributed by atoms with E-state index in [1.807, 2.05) is 37.8 Å². The van der Waals surface area contributed by atoms with Crippen LogP contribution >= 0.6 is 11.3 Å². The minimum absolute atomic E-state index is 0.000450. The van der Waals surface area contributed by atoms with Gasteiger partial charge < -0.3 is 19.7 Å². The van der Waals surface area contributed by atoms with Crippen LogP contribution in [0.25, 0.3) is 21.1 Å². The highest BCUT2D eigenvalue weighted by Gasteiger charge is 2.34. The third-order valence-corrected chi connectivity index (χ3v) is 8.18.